The third-order valence-corrected chi connectivity index (χ3v) is 4.40. The third kappa shape index (κ3) is 2.95. The molecular weight excluding hydrogens is 300 g/mol. The SMILES string of the molecule is O=C(c1cc(-c2ccccc2)on1)N1CC(Cc2ccccc2)C1. The first-order valence-electron chi connectivity index (χ1n) is 8.15. The van der Waals surface area contributed by atoms with Crippen molar-refractivity contribution in [1.29, 1.82) is 0 Å². The average Bonchev–Trinajstić information content (AvgIpc) is 3.09. The maximum Gasteiger partial charge on any atom is 0.276 e. The van der Waals surface area contributed by atoms with Crippen molar-refractivity contribution in [2.24, 2.45) is 5.92 Å². The fourth-order valence-electron chi connectivity index (χ4n) is 3.09. The molecule has 4 nitrogen and oxygen atoms in total. The largest absolute Gasteiger partial charge is 0.355 e. The van der Waals surface area contributed by atoms with Crippen LogP contribution >= 0.6 is 0 Å². The van der Waals surface area contributed by atoms with E-state index in [4.69, 9.17) is 4.52 Å². The molecule has 2 heterocycles. The van der Waals surface area contributed by atoms with E-state index in [-0.39, 0.29) is 5.91 Å². The maximum absolute atomic E-state index is 12.5. The van der Waals surface area contributed by atoms with E-state index in [1.54, 1.807) is 6.07 Å². The Morgan fingerprint density at radius 1 is 1.04 bits per heavy atom. The molecule has 2 aromatic carbocycles. The number of rotatable bonds is 4. The van der Waals surface area contributed by atoms with Crippen LogP contribution in [0, 0.1) is 5.92 Å². The first-order valence-corrected chi connectivity index (χ1v) is 8.15. The highest BCUT2D eigenvalue weighted by Crippen LogP contribution is 2.24. The van der Waals surface area contributed by atoms with E-state index in [0.717, 1.165) is 25.1 Å². The normalized spacial score (nSPS) is 14.4. The van der Waals surface area contributed by atoms with Gasteiger partial charge in [-0.25, -0.2) is 0 Å². The number of hydrogen-bond donors (Lipinski definition) is 0. The van der Waals surface area contributed by atoms with Gasteiger partial charge in [0.05, 0.1) is 0 Å². The topological polar surface area (TPSA) is 46.3 Å². The summed E-state index contributed by atoms with van der Waals surface area (Å²) in [6, 6.07) is 21.8. The van der Waals surface area contributed by atoms with Gasteiger partial charge < -0.3 is 9.42 Å². The van der Waals surface area contributed by atoms with E-state index in [1.165, 1.54) is 5.56 Å². The fourth-order valence-corrected chi connectivity index (χ4v) is 3.09. The van der Waals surface area contributed by atoms with Crippen molar-refractivity contribution < 1.29 is 9.32 Å². The highest BCUT2D eigenvalue weighted by molar-refractivity contribution is 5.93. The van der Waals surface area contributed by atoms with Crippen LogP contribution in [-0.4, -0.2) is 29.1 Å². The van der Waals surface area contributed by atoms with Crippen LogP contribution in [0.25, 0.3) is 11.3 Å². The third-order valence-electron chi connectivity index (χ3n) is 4.40. The van der Waals surface area contributed by atoms with E-state index in [0.29, 0.717) is 17.4 Å². The van der Waals surface area contributed by atoms with Gasteiger partial charge in [0.2, 0.25) is 0 Å². The van der Waals surface area contributed by atoms with Crippen molar-refractivity contribution in [3.63, 3.8) is 0 Å². The van der Waals surface area contributed by atoms with Gasteiger partial charge in [0.1, 0.15) is 0 Å². The second-order valence-electron chi connectivity index (χ2n) is 6.21. The number of nitrogens with zero attached hydrogens (tertiary/aromatic N) is 2. The Hall–Kier alpha value is -2.88. The van der Waals surface area contributed by atoms with Gasteiger partial charge in [-0.05, 0) is 17.9 Å². The lowest BCUT2D eigenvalue weighted by Crippen LogP contribution is -2.50. The van der Waals surface area contributed by atoms with Crippen LogP contribution in [0.15, 0.2) is 71.3 Å². The second kappa shape index (κ2) is 6.32. The van der Waals surface area contributed by atoms with Crippen LogP contribution in [0.3, 0.4) is 0 Å². The molecule has 0 radical (unpaired) electrons. The molecule has 0 atom stereocenters. The highest BCUT2D eigenvalue weighted by atomic mass is 16.5. The Labute approximate surface area is 140 Å². The number of hydrogen-bond acceptors (Lipinski definition) is 3. The van der Waals surface area contributed by atoms with Crippen molar-refractivity contribution in [2.45, 2.75) is 6.42 Å². The van der Waals surface area contributed by atoms with E-state index in [2.05, 4.69) is 29.4 Å². The first-order chi connectivity index (χ1) is 11.8. The van der Waals surface area contributed by atoms with Gasteiger partial charge in [-0.1, -0.05) is 65.8 Å². The molecule has 120 valence electrons. The fraction of sp³-hybridized carbons (Fsp3) is 0.200. The summed E-state index contributed by atoms with van der Waals surface area (Å²) in [6.07, 6.45) is 1.01. The van der Waals surface area contributed by atoms with Gasteiger partial charge in [-0.3, -0.25) is 4.79 Å². The summed E-state index contributed by atoms with van der Waals surface area (Å²) in [4.78, 5) is 14.3. The smallest absolute Gasteiger partial charge is 0.276 e. The van der Waals surface area contributed by atoms with Crippen molar-refractivity contribution in [3.05, 3.63) is 78.0 Å². The molecule has 1 aliphatic heterocycles. The predicted octanol–water partition coefficient (Wildman–Crippen LogP) is 3.66. The lowest BCUT2D eigenvalue weighted by molar-refractivity contribution is 0.0491. The van der Waals surface area contributed by atoms with Gasteiger partial charge in [-0.15, -0.1) is 0 Å². The van der Waals surface area contributed by atoms with Crippen LogP contribution in [0.5, 0.6) is 0 Å². The molecular formula is C20H18N2O2. The number of likely N-dealkylation sites (tertiary alicyclic amines) is 1. The van der Waals surface area contributed by atoms with E-state index in [9.17, 15) is 4.79 Å². The zero-order valence-corrected chi connectivity index (χ0v) is 13.3. The maximum atomic E-state index is 12.5. The predicted molar refractivity (Wildman–Crippen MR) is 91.5 cm³/mol. The molecule has 1 amide bonds. The number of benzene rings is 2. The molecule has 0 spiro atoms. The zero-order valence-electron chi connectivity index (χ0n) is 13.3. The quantitative estimate of drug-likeness (QED) is 0.737. The molecule has 4 rings (SSSR count). The van der Waals surface area contributed by atoms with E-state index >= 15 is 0 Å². The Bertz CT molecular complexity index is 821. The number of carbonyl (C=O) groups is 1. The Kier molecular flexibility index (Phi) is 3.87. The molecule has 4 heteroatoms. The molecule has 24 heavy (non-hydrogen) atoms. The first kappa shape index (κ1) is 14.7. The summed E-state index contributed by atoms with van der Waals surface area (Å²) < 4.78 is 5.32. The Morgan fingerprint density at radius 3 is 2.42 bits per heavy atom. The lowest BCUT2D eigenvalue weighted by Gasteiger charge is -2.38. The average molecular weight is 318 g/mol. The van der Waals surface area contributed by atoms with Crippen molar-refractivity contribution >= 4 is 5.91 Å². The number of aromatic nitrogens is 1. The number of carbonyl (C=O) groups excluding carboxylic acids is 1. The molecule has 1 fully saturated rings. The zero-order chi connectivity index (χ0) is 16.4. The van der Waals surface area contributed by atoms with Gasteiger partial charge in [0.25, 0.3) is 5.91 Å². The van der Waals surface area contributed by atoms with Crippen LogP contribution in [-0.2, 0) is 6.42 Å². The highest BCUT2D eigenvalue weighted by Gasteiger charge is 2.32. The van der Waals surface area contributed by atoms with Crippen molar-refractivity contribution in [2.75, 3.05) is 13.1 Å². The van der Waals surface area contributed by atoms with Crippen LogP contribution < -0.4 is 0 Å². The van der Waals surface area contributed by atoms with Gasteiger partial charge in [-0.2, -0.15) is 0 Å². The minimum Gasteiger partial charge on any atom is -0.355 e. The molecule has 0 aliphatic carbocycles. The molecule has 1 saturated heterocycles. The Morgan fingerprint density at radius 2 is 1.71 bits per heavy atom. The molecule has 1 aliphatic rings. The summed E-state index contributed by atoms with van der Waals surface area (Å²) in [5.41, 5.74) is 2.63. The van der Waals surface area contributed by atoms with Crippen molar-refractivity contribution in [3.8, 4) is 11.3 Å². The number of amides is 1. The van der Waals surface area contributed by atoms with E-state index in [1.807, 2.05) is 41.3 Å². The standard InChI is InChI=1S/C20H18N2O2/c23-20(18-12-19(24-21-18)17-9-5-2-6-10-17)22-13-16(14-22)11-15-7-3-1-4-8-15/h1-10,12,16H,11,13-14H2. The van der Waals surface area contributed by atoms with Gasteiger partial charge >= 0.3 is 0 Å². The molecule has 0 saturated carbocycles. The summed E-state index contributed by atoms with van der Waals surface area (Å²) in [5.74, 6) is 1.10. The van der Waals surface area contributed by atoms with Crippen LogP contribution in [0.2, 0.25) is 0 Å². The molecule has 0 unspecified atom stereocenters. The lowest BCUT2D eigenvalue weighted by atomic mass is 9.92. The minimum atomic E-state index is -0.0507. The molecule has 3 aromatic rings. The monoisotopic (exact) mass is 318 g/mol. The molecule has 0 N–H and O–H groups in total. The molecule has 1 aromatic heterocycles. The second-order valence-corrected chi connectivity index (χ2v) is 6.21. The Balaban J connectivity index is 1.37. The molecule has 0 bridgehead atoms. The van der Waals surface area contributed by atoms with Crippen molar-refractivity contribution in [1.82, 2.24) is 10.1 Å². The van der Waals surface area contributed by atoms with Crippen LogP contribution in [0.4, 0.5) is 0 Å². The summed E-state index contributed by atoms with van der Waals surface area (Å²) >= 11 is 0. The van der Waals surface area contributed by atoms with Gasteiger partial charge in [0, 0.05) is 24.7 Å². The summed E-state index contributed by atoms with van der Waals surface area (Å²) in [5, 5.41) is 3.94. The minimum absolute atomic E-state index is 0.0507. The van der Waals surface area contributed by atoms with Gasteiger partial charge in [0.15, 0.2) is 11.5 Å². The van der Waals surface area contributed by atoms with Crippen LogP contribution in [0.1, 0.15) is 16.1 Å². The van der Waals surface area contributed by atoms with E-state index < -0.39 is 0 Å². The summed E-state index contributed by atoms with van der Waals surface area (Å²) in [7, 11) is 0. The summed E-state index contributed by atoms with van der Waals surface area (Å²) in [6.45, 7) is 1.56.